The van der Waals surface area contributed by atoms with E-state index in [0.29, 0.717) is 5.56 Å². The number of halogens is 2. The van der Waals surface area contributed by atoms with Gasteiger partial charge in [-0.15, -0.1) is 0 Å². The minimum Gasteiger partial charge on any atom is -0.241 e. The van der Waals surface area contributed by atoms with Crippen LogP contribution < -0.4 is 0 Å². The topological polar surface area (TPSA) is 17.8 Å². The number of rotatable bonds is 0. The summed E-state index contributed by atoms with van der Waals surface area (Å²) in [5.41, 5.74) is 0.528. The Bertz CT molecular complexity index is 299. The molecule has 1 aromatic heterocycles. The van der Waals surface area contributed by atoms with E-state index in [1.807, 2.05) is 20.8 Å². The van der Waals surface area contributed by atoms with Crippen molar-refractivity contribution in [3.63, 3.8) is 0 Å². The van der Waals surface area contributed by atoms with E-state index in [1.165, 1.54) is 4.68 Å². The molecule has 0 unspecified atom stereocenters. The van der Waals surface area contributed by atoms with Gasteiger partial charge in [-0.3, -0.25) is 0 Å². The van der Waals surface area contributed by atoms with Gasteiger partial charge in [0.05, 0.1) is 0 Å². The fraction of sp³-hybridized carbons (Fsp3) is 0.625. The molecule has 2 nitrogen and oxygen atoms in total. The first kappa shape index (κ1) is 9.95. The summed E-state index contributed by atoms with van der Waals surface area (Å²) in [6.45, 7) is 5.94. The van der Waals surface area contributed by atoms with Crippen molar-refractivity contribution in [2.24, 2.45) is 7.05 Å². The van der Waals surface area contributed by atoms with Gasteiger partial charge in [-0.2, -0.15) is 9.49 Å². The van der Waals surface area contributed by atoms with Crippen LogP contribution in [0.2, 0.25) is 0 Å². The van der Waals surface area contributed by atoms with E-state index in [1.54, 1.807) is 7.05 Å². The quantitative estimate of drug-likeness (QED) is 0.668. The van der Waals surface area contributed by atoms with Gasteiger partial charge in [-0.25, -0.2) is 4.68 Å². The standard InChI is InChI=1S/C8H12FIN2/c1-8(2,3)5-6(9)12(4)11-7(5)10/h1-4H3. The van der Waals surface area contributed by atoms with Crippen molar-refractivity contribution < 1.29 is 4.39 Å². The van der Waals surface area contributed by atoms with Crippen LogP contribution in [0.15, 0.2) is 0 Å². The number of aryl methyl sites for hydroxylation is 1. The lowest BCUT2D eigenvalue weighted by Crippen LogP contribution is -2.14. The largest absolute Gasteiger partial charge is 0.241 e. The highest BCUT2D eigenvalue weighted by Crippen LogP contribution is 2.28. The molecule has 0 spiro atoms. The lowest BCUT2D eigenvalue weighted by atomic mass is 9.89. The van der Waals surface area contributed by atoms with E-state index in [4.69, 9.17) is 0 Å². The third-order valence-corrected chi connectivity index (χ3v) is 2.44. The van der Waals surface area contributed by atoms with Crippen LogP contribution in [0.4, 0.5) is 4.39 Å². The predicted molar refractivity (Wildman–Crippen MR) is 54.6 cm³/mol. The van der Waals surface area contributed by atoms with Crippen LogP contribution in [0.25, 0.3) is 0 Å². The lowest BCUT2D eigenvalue weighted by molar-refractivity contribution is 0.464. The molecule has 0 atom stereocenters. The molecular formula is C8H12FIN2. The maximum absolute atomic E-state index is 13.4. The van der Waals surface area contributed by atoms with Crippen LogP contribution in [0, 0.1) is 9.65 Å². The third kappa shape index (κ3) is 1.62. The van der Waals surface area contributed by atoms with Crippen molar-refractivity contribution in [3.05, 3.63) is 15.2 Å². The van der Waals surface area contributed by atoms with Crippen LogP contribution in [0.3, 0.4) is 0 Å². The molecule has 0 radical (unpaired) electrons. The van der Waals surface area contributed by atoms with Gasteiger partial charge in [0.2, 0.25) is 5.95 Å². The van der Waals surface area contributed by atoms with Crippen LogP contribution in [0.1, 0.15) is 26.3 Å². The molecule has 0 amide bonds. The zero-order chi connectivity index (χ0) is 9.52. The smallest absolute Gasteiger partial charge is 0.216 e. The summed E-state index contributed by atoms with van der Waals surface area (Å²) in [6, 6.07) is 0. The summed E-state index contributed by atoms with van der Waals surface area (Å²) in [6.07, 6.45) is 0. The molecule has 0 aliphatic rings. The number of hydrogen-bond acceptors (Lipinski definition) is 1. The van der Waals surface area contributed by atoms with E-state index in [9.17, 15) is 4.39 Å². The highest BCUT2D eigenvalue weighted by molar-refractivity contribution is 14.1. The van der Waals surface area contributed by atoms with Crippen molar-refractivity contribution in [2.75, 3.05) is 0 Å². The van der Waals surface area contributed by atoms with Crippen LogP contribution in [-0.2, 0) is 12.5 Å². The molecule has 0 aromatic carbocycles. The normalized spacial score (nSPS) is 12.2. The van der Waals surface area contributed by atoms with Gasteiger partial charge in [-0.05, 0) is 28.0 Å². The Morgan fingerprint density at radius 1 is 1.42 bits per heavy atom. The van der Waals surface area contributed by atoms with Crippen LogP contribution in [0.5, 0.6) is 0 Å². The maximum atomic E-state index is 13.4. The average molecular weight is 282 g/mol. The Hall–Kier alpha value is -0.130. The number of aromatic nitrogens is 2. The van der Waals surface area contributed by atoms with Crippen molar-refractivity contribution in [1.82, 2.24) is 9.78 Å². The summed E-state index contributed by atoms with van der Waals surface area (Å²) in [4.78, 5) is 0. The molecular weight excluding hydrogens is 270 g/mol. The molecule has 0 aliphatic carbocycles. The molecule has 0 saturated heterocycles. The van der Waals surface area contributed by atoms with Crippen molar-refractivity contribution in [1.29, 1.82) is 0 Å². The fourth-order valence-electron chi connectivity index (χ4n) is 1.09. The Labute approximate surface area is 85.3 Å². The minimum absolute atomic E-state index is 0.172. The Kier molecular flexibility index (Phi) is 2.47. The summed E-state index contributed by atoms with van der Waals surface area (Å²) < 4.78 is 15.4. The maximum Gasteiger partial charge on any atom is 0.216 e. The van der Waals surface area contributed by atoms with Gasteiger partial charge in [0.1, 0.15) is 3.70 Å². The first-order chi connectivity index (χ1) is 5.34. The zero-order valence-electron chi connectivity index (χ0n) is 7.65. The summed E-state index contributed by atoms with van der Waals surface area (Å²) in [5, 5.41) is 4.01. The summed E-state index contributed by atoms with van der Waals surface area (Å²) >= 11 is 2.06. The second-order valence-corrected chi connectivity index (χ2v) is 4.85. The van der Waals surface area contributed by atoms with E-state index in [0.717, 1.165) is 3.70 Å². The summed E-state index contributed by atoms with van der Waals surface area (Å²) in [5.74, 6) is -0.230. The van der Waals surface area contributed by atoms with Gasteiger partial charge in [0.25, 0.3) is 0 Å². The second kappa shape index (κ2) is 2.97. The van der Waals surface area contributed by atoms with E-state index in [2.05, 4.69) is 27.7 Å². The van der Waals surface area contributed by atoms with E-state index < -0.39 is 0 Å². The Morgan fingerprint density at radius 3 is 2.08 bits per heavy atom. The molecule has 1 aromatic rings. The van der Waals surface area contributed by atoms with Crippen LogP contribution in [-0.4, -0.2) is 9.78 Å². The van der Waals surface area contributed by atoms with Gasteiger partial charge < -0.3 is 0 Å². The van der Waals surface area contributed by atoms with Crippen molar-refractivity contribution >= 4 is 22.6 Å². The molecule has 0 N–H and O–H groups in total. The zero-order valence-corrected chi connectivity index (χ0v) is 9.81. The number of nitrogens with zero attached hydrogens (tertiary/aromatic N) is 2. The van der Waals surface area contributed by atoms with Crippen molar-refractivity contribution in [3.8, 4) is 0 Å². The van der Waals surface area contributed by atoms with Crippen molar-refractivity contribution in [2.45, 2.75) is 26.2 Å². The van der Waals surface area contributed by atoms with Crippen LogP contribution >= 0.6 is 22.6 Å². The third-order valence-electron chi connectivity index (χ3n) is 1.68. The molecule has 0 aliphatic heterocycles. The minimum atomic E-state index is -0.230. The van der Waals surface area contributed by atoms with Gasteiger partial charge in [0.15, 0.2) is 0 Å². The molecule has 4 heteroatoms. The fourth-order valence-corrected chi connectivity index (χ4v) is 2.45. The monoisotopic (exact) mass is 282 g/mol. The average Bonchev–Trinajstić information content (AvgIpc) is 2.05. The lowest BCUT2D eigenvalue weighted by Gasteiger charge is -2.16. The second-order valence-electron chi connectivity index (χ2n) is 3.83. The Balaban J connectivity index is 3.32. The first-order valence-electron chi connectivity index (χ1n) is 3.72. The molecule has 1 rings (SSSR count). The highest BCUT2D eigenvalue weighted by atomic mass is 127. The van der Waals surface area contributed by atoms with Gasteiger partial charge in [0, 0.05) is 12.6 Å². The van der Waals surface area contributed by atoms with E-state index >= 15 is 0 Å². The van der Waals surface area contributed by atoms with E-state index in [-0.39, 0.29) is 11.4 Å². The predicted octanol–water partition coefficient (Wildman–Crippen LogP) is 2.46. The molecule has 0 saturated carbocycles. The highest BCUT2D eigenvalue weighted by Gasteiger charge is 2.25. The molecule has 68 valence electrons. The van der Waals surface area contributed by atoms with Gasteiger partial charge in [-0.1, -0.05) is 20.8 Å². The number of hydrogen-bond donors (Lipinski definition) is 0. The molecule has 0 fully saturated rings. The molecule has 12 heavy (non-hydrogen) atoms. The summed E-state index contributed by atoms with van der Waals surface area (Å²) in [7, 11) is 1.62. The molecule has 1 heterocycles. The van der Waals surface area contributed by atoms with Gasteiger partial charge >= 0.3 is 0 Å². The SMILES string of the molecule is Cn1nc(I)c(C(C)(C)C)c1F. The Morgan fingerprint density at radius 2 is 1.92 bits per heavy atom. The molecule has 0 bridgehead atoms. The first-order valence-corrected chi connectivity index (χ1v) is 4.80.